The first-order valence-corrected chi connectivity index (χ1v) is 7.09. The molecular formula is C16H9IN2O. The number of carbonyl (C=O) groups is 1. The molecule has 3 aromatic rings. The van der Waals surface area contributed by atoms with E-state index in [0.717, 1.165) is 14.5 Å². The number of fused-ring (bicyclic) bond motifs is 1. The van der Waals surface area contributed by atoms with Crippen molar-refractivity contribution in [2.24, 2.45) is 0 Å². The molecule has 1 heterocycles. The standard InChI is InChI=1S/C16H9IN2O/c17-13-7-5-11(6-8-13)16(20)19-10-12(9-18)14-3-1-2-4-15(14)19/h1-8,10H. The molecule has 0 saturated heterocycles. The molecule has 0 radical (unpaired) electrons. The average molecular weight is 372 g/mol. The molecule has 0 fully saturated rings. The van der Waals surface area contributed by atoms with E-state index in [0.29, 0.717) is 11.1 Å². The molecule has 0 bridgehead atoms. The van der Waals surface area contributed by atoms with Crippen LogP contribution in [0.3, 0.4) is 0 Å². The van der Waals surface area contributed by atoms with Crippen LogP contribution >= 0.6 is 22.6 Å². The monoisotopic (exact) mass is 372 g/mol. The number of nitriles is 1. The fraction of sp³-hybridized carbons (Fsp3) is 0. The van der Waals surface area contributed by atoms with Gasteiger partial charge in [0.1, 0.15) is 6.07 Å². The number of aromatic nitrogens is 1. The van der Waals surface area contributed by atoms with Crippen LogP contribution in [0.2, 0.25) is 0 Å². The summed E-state index contributed by atoms with van der Waals surface area (Å²) in [5, 5.41) is 9.96. The molecule has 20 heavy (non-hydrogen) atoms. The summed E-state index contributed by atoms with van der Waals surface area (Å²) in [5.74, 6) is -0.126. The van der Waals surface area contributed by atoms with Gasteiger partial charge in [-0.3, -0.25) is 9.36 Å². The van der Waals surface area contributed by atoms with Crippen molar-refractivity contribution >= 4 is 39.4 Å². The van der Waals surface area contributed by atoms with Gasteiger partial charge in [0.25, 0.3) is 5.91 Å². The molecule has 0 N–H and O–H groups in total. The highest BCUT2D eigenvalue weighted by molar-refractivity contribution is 14.1. The van der Waals surface area contributed by atoms with E-state index < -0.39 is 0 Å². The van der Waals surface area contributed by atoms with Crippen LogP contribution in [-0.2, 0) is 0 Å². The predicted molar refractivity (Wildman–Crippen MR) is 85.5 cm³/mol. The van der Waals surface area contributed by atoms with E-state index in [1.807, 2.05) is 36.4 Å². The highest BCUT2D eigenvalue weighted by Gasteiger charge is 2.14. The number of benzene rings is 2. The Balaban J connectivity index is 2.17. The Morgan fingerprint density at radius 3 is 2.50 bits per heavy atom. The minimum absolute atomic E-state index is 0.126. The molecule has 4 heteroatoms. The molecule has 3 rings (SSSR count). The number of carbonyl (C=O) groups excluding carboxylic acids is 1. The van der Waals surface area contributed by atoms with E-state index >= 15 is 0 Å². The Hall–Kier alpha value is -2.13. The summed E-state index contributed by atoms with van der Waals surface area (Å²) >= 11 is 2.20. The topological polar surface area (TPSA) is 45.8 Å². The van der Waals surface area contributed by atoms with Crippen LogP contribution in [0.15, 0.2) is 54.7 Å². The lowest BCUT2D eigenvalue weighted by Crippen LogP contribution is -2.10. The molecule has 0 unspecified atom stereocenters. The highest BCUT2D eigenvalue weighted by atomic mass is 127. The molecule has 0 saturated carbocycles. The summed E-state index contributed by atoms with van der Waals surface area (Å²) in [6, 6.07) is 16.9. The molecule has 1 aromatic heterocycles. The van der Waals surface area contributed by atoms with Crippen LogP contribution in [0.1, 0.15) is 15.9 Å². The molecule has 0 aliphatic rings. The Kier molecular flexibility index (Phi) is 3.28. The maximum atomic E-state index is 12.6. The molecule has 0 amide bonds. The summed E-state index contributed by atoms with van der Waals surface area (Å²) in [6.07, 6.45) is 1.60. The van der Waals surface area contributed by atoms with Crippen molar-refractivity contribution in [3.63, 3.8) is 0 Å². The van der Waals surface area contributed by atoms with Crippen LogP contribution in [0.5, 0.6) is 0 Å². The average Bonchev–Trinajstić information content (AvgIpc) is 2.86. The molecule has 0 atom stereocenters. The van der Waals surface area contributed by atoms with Gasteiger partial charge < -0.3 is 0 Å². The maximum absolute atomic E-state index is 12.6. The Morgan fingerprint density at radius 1 is 1.10 bits per heavy atom. The lowest BCUT2D eigenvalue weighted by atomic mass is 10.2. The van der Waals surface area contributed by atoms with Gasteiger partial charge in [-0.25, -0.2) is 0 Å². The van der Waals surface area contributed by atoms with Gasteiger partial charge in [0.05, 0.1) is 11.1 Å². The van der Waals surface area contributed by atoms with Crippen molar-refractivity contribution in [2.45, 2.75) is 0 Å². The lowest BCUT2D eigenvalue weighted by molar-refractivity contribution is 0.0965. The summed E-state index contributed by atoms with van der Waals surface area (Å²) in [6.45, 7) is 0. The summed E-state index contributed by atoms with van der Waals surface area (Å²) in [5.41, 5.74) is 1.88. The second-order valence-electron chi connectivity index (χ2n) is 4.35. The first-order valence-electron chi connectivity index (χ1n) is 6.01. The highest BCUT2D eigenvalue weighted by Crippen LogP contribution is 2.22. The molecular weight excluding hydrogens is 363 g/mol. The lowest BCUT2D eigenvalue weighted by Gasteiger charge is -2.04. The number of halogens is 1. The Labute approximate surface area is 129 Å². The largest absolute Gasteiger partial charge is 0.282 e. The van der Waals surface area contributed by atoms with Gasteiger partial charge in [-0.05, 0) is 52.9 Å². The summed E-state index contributed by atoms with van der Waals surface area (Å²) < 4.78 is 2.62. The second kappa shape index (κ2) is 5.10. The molecule has 0 spiro atoms. The zero-order chi connectivity index (χ0) is 14.1. The fourth-order valence-electron chi connectivity index (χ4n) is 2.17. The van der Waals surface area contributed by atoms with E-state index in [1.165, 1.54) is 4.57 Å². The van der Waals surface area contributed by atoms with Gasteiger partial charge in [-0.2, -0.15) is 5.26 Å². The van der Waals surface area contributed by atoms with Gasteiger partial charge in [0.2, 0.25) is 0 Å². The van der Waals surface area contributed by atoms with Crippen LogP contribution in [0.25, 0.3) is 10.9 Å². The van der Waals surface area contributed by atoms with E-state index in [9.17, 15) is 4.79 Å². The number of hydrogen-bond acceptors (Lipinski definition) is 2. The molecule has 96 valence electrons. The van der Waals surface area contributed by atoms with Gasteiger partial charge in [-0.15, -0.1) is 0 Å². The number of para-hydroxylation sites is 1. The van der Waals surface area contributed by atoms with Gasteiger partial charge in [0.15, 0.2) is 0 Å². The third-order valence-corrected chi connectivity index (χ3v) is 3.86. The van der Waals surface area contributed by atoms with Crippen molar-refractivity contribution in [1.82, 2.24) is 4.57 Å². The van der Waals surface area contributed by atoms with Crippen molar-refractivity contribution in [1.29, 1.82) is 5.26 Å². The molecule has 0 aliphatic carbocycles. The Bertz CT molecular complexity index is 841. The van der Waals surface area contributed by atoms with Gasteiger partial charge in [0, 0.05) is 20.7 Å². The van der Waals surface area contributed by atoms with Crippen LogP contribution in [0.4, 0.5) is 0 Å². The zero-order valence-electron chi connectivity index (χ0n) is 10.4. The third kappa shape index (κ3) is 2.10. The molecule has 3 nitrogen and oxygen atoms in total. The van der Waals surface area contributed by atoms with Crippen LogP contribution < -0.4 is 0 Å². The predicted octanol–water partition coefficient (Wildman–Crippen LogP) is 3.81. The SMILES string of the molecule is N#Cc1cn(C(=O)c2ccc(I)cc2)c2ccccc12. The molecule has 0 aliphatic heterocycles. The van der Waals surface area contributed by atoms with Crippen LogP contribution in [-0.4, -0.2) is 10.5 Å². The molecule has 2 aromatic carbocycles. The second-order valence-corrected chi connectivity index (χ2v) is 5.60. The minimum Gasteiger partial charge on any atom is -0.282 e. The summed E-state index contributed by atoms with van der Waals surface area (Å²) in [4.78, 5) is 12.6. The van der Waals surface area contributed by atoms with Crippen LogP contribution in [0, 0.1) is 14.9 Å². The van der Waals surface area contributed by atoms with E-state index in [-0.39, 0.29) is 5.91 Å². The first-order chi connectivity index (χ1) is 9.70. The quantitative estimate of drug-likeness (QED) is 0.610. The number of rotatable bonds is 1. The smallest absolute Gasteiger partial charge is 0.262 e. The van der Waals surface area contributed by atoms with Crippen molar-refractivity contribution < 1.29 is 4.79 Å². The Morgan fingerprint density at radius 2 is 1.80 bits per heavy atom. The minimum atomic E-state index is -0.126. The van der Waals surface area contributed by atoms with Gasteiger partial charge >= 0.3 is 0 Å². The van der Waals surface area contributed by atoms with E-state index in [4.69, 9.17) is 5.26 Å². The fourth-order valence-corrected chi connectivity index (χ4v) is 2.53. The van der Waals surface area contributed by atoms with E-state index in [2.05, 4.69) is 28.7 Å². The zero-order valence-corrected chi connectivity index (χ0v) is 12.5. The number of hydrogen-bond donors (Lipinski definition) is 0. The number of nitrogens with zero attached hydrogens (tertiary/aromatic N) is 2. The summed E-state index contributed by atoms with van der Waals surface area (Å²) in [7, 11) is 0. The third-order valence-electron chi connectivity index (χ3n) is 3.14. The first kappa shape index (κ1) is 12.9. The van der Waals surface area contributed by atoms with E-state index in [1.54, 1.807) is 18.3 Å². The van der Waals surface area contributed by atoms with Crippen molar-refractivity contribution in [2.75, 3.05) is 0 Å². The van der Waals surface area contributed by atoms with Gasteiger partial charge in [-0.1, -0.05) is 18.2 Å². The van der Waals surface area contributed by atoms with Crippen molar-refractivity contribution in [3.8, 4) is 6.07 Å². The van der Waals surface area contributed by atoms with Crippen molar-refractivity contribution in [3.05, 3.63) is 69.4 Å². The maximum Gasteiger partial charge on any atom is 0.262 e. The normalized spacial score (nSPS) is 10.4.